The fourth-order valence-electron chi connectivity index (χ4n) is 3.92. The Morgan fingerprint density at radius 3 is 2.59 bits per heavy atom. The van der Waals surface area contributed by atoms with Gasteiger partial charge in [-0.05, 0) is 60.2 Å². The molecule has 4 aromatic rings. The van der Waals surface area contributed by atoms with Crippen LogP contribution in [0.25, 0.3) is 16.0 Å². The van der Waals surface area contributed by atoms with Crippen LogP contribution in [-0.4, -0.2) is 28.9 Å². The zero-order valence-electron chi connectivity index (χ0n) is 17.7. The highest BCUT2D eigenvalue weighted by Gasteiger charge is 2.48. The van der Waals surface area contributed by atoms with E-state index in [-0.39, 0.29) is 16.5 Å². The summed E-state index contributed by atoms with van der Waals surface area (Å²) in [6.45, 7) is 0. The van der Waals surface area contributed by atoms with Crippen molar-refractivity contribution >= 4 is 60.1 Å². The van der Waals surface area contributed by atoms with Crippen LogP contribution in [0.15, 0.2) is 76.8 Å². The maximum Gasteiger partial charge on any atom is 0.301 e. The van der Waals surface area contributed by atoms with Crippen LogP contribution in [0.3, 0.4) is 0 Å². The molecule has 2 heterocycles. The smallest absolute Gasteiger partial charge is 0.301 e. The maximum absolute atomic E-state index is 13.7. The zero-order valence-corrected chi connectivity index (χ0v) is 20.1. The van der Waals surface area contributed by atoms with Crippen molar-refractivity contribution in [1.29, 1.82) is 0 Å². The number of hydrogen-bond donors (Lipinski definition) is 1. The minimum absolute atomic E-state index is 0.0568. The van der Waals surface area contributed by atoms with Gasteiger partial charge in [-0.25, -0.2) is 9.37 Å². The van der Waals surface area contributed by atoms with E-state index in [9.17, 15) is 19.1 Å². The number of amides is 1. The highest BCUT2D eigenvalue weighted by atomic mass is 79.9. The number of rotatable bonds is 4. The number of benzene rings is 3. The Hall–Kier alpha value is -3.56. The SMILES string of the molecule is COc1ccc(/C(O)=C2\C(=O)C(=O)N(c3nc4ccc(F)cc4s3)[C@H]2c2cccc(Br)c2)cc1. The molecule has 1 saturated heterocycles. The highest BCUT2D eigenvalue weighted by Crippen LogP contribution is 2.44. The van der Waals surface area contributed by atoms with Gasteiger partial charge in [0.05, 0.1) is 28.9 Å². The second-order valence-corrected chi connectivity index (χ2v) is 9.49. The van der Waals surface area contributed by atoms with Gasteiger partial charge in [-0.3, -0.25) is 14.5 Å². The first-order valence-corrected chi connectivity index (χ1v) is 11.8. The van der Waals surface area contributed by atoms with Crippen LogP contribution in [0, 0.1) is 5.82 Å². The van der Waals surface area contributed by atoms with E-state index in [1.54, 1.807) is 42.5 Å². The number of halogens is 2. The summed E-state index contributed by atoms with van der Waals surface area (Å²) in [5, 5.41) is 11.4. The molecule has 0 unspecified atom stereocenters. The lowest BCUT2D eigenvalue weighted by molar-refractivity contribution is -0.132. The number of carbonyl (C=O) groups is 2. The summed E-state index contributed by atoms with van der Waals surface area (Å²) in [4.78, 5) is 32.2. The van der Waals surface area contributed by atoms with Crippen molar-refractivity contribution in [3.8, 4) is 5.75 Å². The molecule has 0 aliphatic carbocycles. The van der Waals surface area contributed by atoms with Gasteiger partial charge >= 0.3 is 5.91 Å². The quantitative estimate of drug-likeness (QED) is 0.201. The van der Waals surface area contributed by atoms with E-state index in [4.69, 9.17) is 4.74 Å². The molecule has 1 fully saturated rings. The van der Waals surface area contributed by atoms with Crippen LogP contribution in [0.4, 0.5) is 9.52 Å². The molecule has 0 saturated carbocycles. The van der Waals surface area contributed by atoms with E-state index in [1.807, 2.05) is 6.07 Å². The van der Waals surface area contributed by atoms with Crippen molar-refractivity contribution in [3.63, 3.8) is 0 Å². The van der Waals surface area contributed by atoms with Crippen LogP contribution in [-0.2, 0) is 9.59 Å². The fourth-order valence-corrected chi connectivity index (χ4v) is 5.35. The minimum Gasteiger partial charge on any atom is -0.507 e. The van der Waals surface area contributed by atoms with Gasteiger partial charge in [0.15, 0.2) is 5.13 Å². The molecule has 1 atom stereocenters. The molecule has 3 aromatic carbocycles. The van der Waals surface area contributed by atoms with E-state index < -0.39 is 23.5 Å². The van der Waals surface area contributed by atoms with Gasteiger partial charge in [-0.2, -0.15) is 0 Å². The van der Waals surface area contributed by atoms with E-state index >= 15 is 0 Å². The molecule has 0 radical (unpaired) electrons. The van der Waals surface area contributed by atoms with Crippen LogP contribution in [0.1, 0.15) is 17.2 Å². The zero-order chi connectivity index (χ0) is 24.0. The first-order chi connectivity index (χ1) is 16.4. The molecule has 6 nitrogen and oxygen atoms in total. The topological polar surface area (TPSA) is 79.7 Å². The van der Waals surface area contributed by atoms with Crippen molar-refractivity contribution in [1.82, 2.24) is 4.98 Å². The van der Waals surface area contributed by atoms with Crippen molar-refractivity contribution in [2.45, 2.75) is 6.04 Å². The Labute approximate surface area is 206 Å². The number of hydrogen-bond acceptors (Lipinski definition) is 6. The molecule has 0 bridgehead atoms. The Morgan fingerprint density at radius 1 is 1.12 bits per heavy atom. The number of aliphatic hydroxyl groups excluding tert-OH is 1. The number of thiazole rings is 1. The normalized spacial score (nSPS) is 17.5. The van der Waals surface area contributed by atoms with E-state index in [1.165, 1.54) is 30.2 Å². The predicted octanol–water partition coefficient (Wildman–Crippen LogP) is 5.83. The standard InChI is InChI=1S/C25H16BrFN2O4S/c1-33-17-8-5-13(6-9-17)22(30)20-21(14-3-2-4-15(26)11-14)29(24(32)23(20)31)25-28-18-10-7-16(27)12-19(18)34-25/h2-12,21,30H,1H3/b22-20+/t21-/m0/s1. The average Bonchev–Trinajstić information content (AvgIpc) is 3.36. The summed E-state index contributed by atoms with van der Waals surface area (Å²) in [5.41, 5.74) is 1.42. The molecule has 1 amide bonds. The molecule has 34 heavy (non-hydrogen) atoms. The third-order valence-electron chi connectivity index (χ3n) is 5.52. The molecular formula is C25H16BrFN2O4S. The summed E-state index contributed by atoms with van der Waals surface area (Å²) in [7, 11) is 1.53. The maximum atomic E-state index is 13.7. The third-order valence-corrected chi connectivity index (χ3v) is 7.03. The fraction of sp³-hybridized carbons (Fsp3) is 0.0800. The lowest BCUT2D eigenvalue weighted by atomic mass is 9.95. The van der Waals surface area contributed by atoms with Crippen LogP contribution in [0.2, 0.25) is 0 Å². The first-order valence-electron chi connectivity index (χ1n) is 10.1. The number of ketones is 1. The summed E-state index contributed by atoms with van der Waals surface area (Å²) >= 11 is 4.53. The molecule has 1 N–H and O–H groups in total. The monoisotopic (exact) mass is 538 g/mol. The van der Waals surface area contributed by atoms with Crippen molar-refractivity contribution < 1.29 is 23.8 Å². The second kappa shape index (κ2) is 8.66. The van der Waals surface area contributed by atoms with Gasteiger partial charge in [0, 0.05) is 10.0 Å². The lowest BCUT2D eigenvalue weighted by Gasteiger charge is -2.23. The number of Topliss-reactive ketones (excluding diaryl/α,β-unsaturated/α-hetero) is 1. The van der Waals surface area contributed by atoms with Crippen molar-refractivity contribution in [2.24, 2.45) is 0 Å². The highest BCUT2D eigenvalue weighted by molar-refractivity contribution is 9.10. The third kappa shape index (κ3) is 3.76. The van der Waals surface area contributed by atoms with Gasteiger partial charge in [0.1, 0.15) is 17.3 Å². The number of aliphatic hydroxyl groups is 1. The molecule has 9 heteroatoms. The van der Waals surface area contributed by atoms with E-state index in [0.717, 1.165) is 15.8 Å². The van der Waals surface area contributed by atoms with Gasteiger partial charge in [-0.1, -0.05) is 39.4 Å². The van der Waals surface area contributed by atoms with E-state index in [2.05, 4.69) is 20.9 Å². The number of anilines is 1. The molecule has 1 aliphatic heterocycles. The summed E-state index contributed by atoms with van der Waals surface area (Å²) in [5.74, 6) is -1.79. The largest absolute Gasteiger partial charge is 0.507 e. The van der Waals surface area contributed by atoms with Crippen LogP contribution >= 0.6 is 27.3 Å². The molecular weight excluding hydrogens is 523 g/mol. The van der Waals surface area contributed by atoms with Gasteiger partial charge < -0.3 is 9.84 Å². The average molecular weight is 539 g/mol. The summed E-state index contributed by atoms with van der Waals surface area (Å²) in [6, 6.07) is 16.9. The van der Waals surface area contributed by atoms with Gasteiger partial charge in [0.2, 0.25) is 0 Å². The van der Waals surface area contributed by atoms with Crippen molar-refractivity contribution in [3.05, 3.63) is 93.7 Å². The van der Waals surface area contributed by atoms with Crippen molar-refractivity contribution in [2.75, 3.05) is 12.0 Å². The number of aromatic nitrogens is 1. The van der Waals surface area contributed by atoms with Crippen LogP contribution in [0.5, 0.6) is 5.75 Å². The Morgan fingerprint density at radius 2 is 1.88 bits per heavy atom. The number of carbonyl (C=O) groups excluding carboxylic acids is 2. The Balaban J connectivity index is 1.72. The number of nitrogens with zero attached hydrogens (tertiary/aromatic N) is 2. The molecule has 0 spiro atoms. The number of fused-ring (bicyclic) bond motifs is 1. The number of ether oxygens (including phenoxy) is 1. The number of methoxy groups -OCH3 is 1. The van der Waals surface area contributed by atoms with E-state index in [0.29, 0.717) is 27.1 Å². The van der Waals surface area contributed by atoms with Crippen LogP contribution < -0.4 is 9.64 Å². The lowest BCUT2D eigenvalue weighted by Crippen LogP contribution is -2.29. The Kier molecular flexibility index (Phi) is 5.66. The summed E-state index contributed by atoms with van der Waals surface area (Å²) in [6.07, 6.45) is 0. The minimum atomic E-state index is -0.926. The molecule has 1 aromatic heterocycles. The molecule has 5 rings (SSSR count). The predicted molar refractivity (Wildman–Crippen MR) is 131 cm³/mol. The first kappa shape index (κ1) is 22.2. The second-order valence-electron chi connectivity index (χ2n) is 7.56. The molecule has 170 valence electrons. The molecule has 1 aliphatic rings. The summed E-state index contributed by atoms with van der Waals surface area (Å²) < 4.78 is 20.2. The Bertz CT molecular complexity index is 1480. The van der Waals surface area contributed by atoms with Gasteiger partial charge in [-0.15, -0.1) is 0 Å². The van der Waals surface area contributed by atoms with Gasteiger partial charge in [0.25, 0.3) is 5.78 Å².